The molecule has 2 rings (SSSR count). The second kappa shape index (κ2) is 5.70. The van der Waals surface area contributed by atoms with E-state index in [4.69, 9.17) is 11.6 Å². The summed E-state index contributed by atoms with van der Waals surface area (Å²) in [6.45, 7) is 3.91. The Labute approximate surface area is 117 Å². The lowest BCUT2D eigenvalue weighted by Crippen LogP contribution is -2.03. The van der Waals surface area contributed by atoms with Gasteiger partial charge in [0.1, 0.15) is 11.6 Å². The van der Waals surface area contributed by atoms with Gasteiger partial charge in [-0.1, -0.05) is 29.8 Å². The van der Waals surface area contributed by atoms with Crippen LogP contribution in [0.15, 0.2) is 36.4 Å². The summed E-state index contributed by atoms with van der Waals surface area (Å²) in [5.74, 6) is -1.09. The molecular formula is C16H15ClF2. The molecule has 3 heteroatoms. The van der Waals surface area contributed by atoms with E-state index in [-0.39, 0.29) is 12.0 Å². The molecule has 2 aromatic rings. The average molecular weight is 281 g/mol. The van der Waals surface area contributed by atoms with Crippen molar-refractivity contribution in [3.05, 3.63) is 70.3 Å². The molecule has 19 heavy (non-hydrogen) atoms. The fraction of sp³-hybridized carbons (Fsp3) is 0.250. The Morgan fingerprint density at radius 2 is 1.68 bits per heavy atom. The molecule has 0 heterocycles. The van der Waals surface area contributed by atoms with Crippen molar-refractivity contribution < 1.29 is 8.78 Å². The molecule has 0 aliphatic heterocycles. The van der Waals surface area contributed by atoms with E-state index in [2.05, 4.69) is 0 Å². The van der Waals surface area contributed by atoms with E-state index >= 15 is 0 Å². The van der Waals surface area contributed by atoms with Crippen LogP contribution in [0.3, 0.4) is 0 Å². The van der Waals surface area contributed by atoms with Gasteiger partial charge in [-0.2, -0.15) is 0 Å². The fourth-order valence-electron chi connectivity index (χ4n) is 2.11. The highest BCUT2D eigenvalue weighted by molar-refractivity contribution is 6.21. The number of benzene rings is 2. The summed E-state index contributed by atoms with van der Waals surface area (Å²) < 4.78 is 27.2. The van der Waals surface area contributed by atoms with Crippen LogP contribution in [0.1, 0.15) is 27.6 Å². The Kier molecular flexibility index (Phi) is 4.20. The molecule has 100 valence electrons. The van der Waals surface area contributed by atoms with Crippen molar-refractivity contribution in [3.8, 4) is 0 Å². The van der Waals surface area contributed by atoms with Gasteiger partial charge >= 0.3 is 0 Å². The summed E-state index contributed by atoms with van der Waals surface area (Å²) >= 11 is 6.33. The molecule has 0 N–H and O–H groups in total. The maximum Gasteiger partial charge on any atom is 0.129 e. The molecule has 0 saturated heterocycles. The fourth-order valence-corrected chi connectivity index (χ4v) is 2.50. The smallest absolute Gasteiger partial charge is 0.129 e. The summed E-state index contributed by atoms with van der Waals surface area (Å²) in [7, 11) is 0. The minimum atomic E-state index is -0.545. The predicted molar refractivity (Wildman–Crippen MR) is 74.6 cm³/mol. The van der Waals surface area contributed by atoms with E-state index in [1.54, 1.807) is 0 Å². The number of hydrogen-bond donors (Lipinski definition) is 0. The standard InChI is InChI=1S/C16H15ClF2/c1-10-6-7-11(2)12(8-10)14(17)9-13-15(18)4-3-5-16(13)19/h3-8,14H,9H2,1-2H3. The summed E-state index contributed by atoms with van der Waals surface area (Å²) in [6, 6.07) is 9.79. The second-order valence-corrected chi connectivity index (χ2v) is 5.26. The number of hydrogen-bond acceptors (Lipinski definition) is 0. The first-order chi connectivity index (χ1) is 8.99. The van der Waals surface area contributed by atoms with E-state index in [1.807, 2.05) is 32.0 Å². The molecular weight excluding hydrogens is 266 g/mol. The van der Waals surface area contributed by atoms with Crippen molar-refractivity contribution in [2.24, 2.45) is 0 Å². The Bertz CT molecular complexity index is 573. The van der Waals surface area contributed by atoms with Gasteiger partial charge in [-0.15, -0.1) is 11.6 Å². The summed E-state index contributed by atoms with van der Waals surface area (Å²) in [6.07, 6.45) is 0.143. The second-order valence-electron chi connectivity index (χ2n) is 4.73. The number of rotatable bonds is 3. The highest BCUT2D eigenvalue weighted by atomic mass is 35.5. The summed E-state index contributed by atoms with van der Waals surface area (Å²) in [5.41, 5.74) is 3.08. The first-order valence-electron chi connectivity index (χ1n) is 6.13. The highest BCUT2D eigenvalue weighted by Crippen LogP contribution is 2.30. The molecule has 0 saturated carbocycles. The molecule has 1 unspecified atom stereocenters. The minimum Gasteiger partial charge on any atom is -0.207 e. The molecule has 0 aliphatic carbocycles. The van der Waals surface area contributed by atoms with E-state index in [0.717, 1.165) is 16.7 Å². The molecule has 0 spiro atoms. The van der Waals surface area contributed by atoms with E-state index in [0.29, 0.717) is 0 Å². The zero-order chi connectivity index (χ0) is 14.0. The molecule has 0 bridgehead atoms. The van der Waals surface area contributed by atoms with Crippen LogP contribution in [0, 0.1) is 25.5 Å². The summed E-state index contributed by atoms with van der Waals surface area (Å²) in [4.78, 5) is 0. The van der Waals surface area contributed by atoms with Gasteiger partial charge in [-0.05, 0) is 43.5 Å². The van der Waals surface area contributed by atoms with Crippen LogP contribution in [0.5, 0.6) is 0 Å². The molecule has 0 fully saturated rings. The quantitative estimate of drug-likeness (QED) is 0.686. The monoisotopic (exact) mass is 280 g/mol. The van der Waals surface area contributed by atoms with Crippen molar-refractivity contribution in [2.45, 2.75) is 25.6 Å². The SMILES string of the molecule is Cc1ccc(C)c(C(Cl)Cc2c(F)cccc2F)c1. The Morgan fingerprint density at radius 1 is 1.05 bits per heavy atom. The number of aryl methyl sites for hydroxylation is 2. The first-order valence-corrected chi connectivity index (χ1v) is 6.57. The average Bonchev–Trinajstić information content (AvgIpc) is 2.37. The minimum absolute atomic E-state index is 0.0448. The zero-order valence-electron chi connectivity index (χ0n) is 10.9. The molecule has 0 amide bonds. The van der Waals surface area contributed by atoms with Crippen LogP contribution in [0.2, 0.25) is 0 Å². The maximum absolute atomic E-state index is 13.6. The Balaban J connectivity index is 2.31. The van der Waals surface area contributed by atoms with Gasteiger partial charge in [0.25, 0.3) is 0 Å². The highest BCUT2D eigenvalue weighted by Gasteiger charge is 2.17. The van der Waals surface area contributed by atoms with Crippen molar-refractivity contribution >= 4 is 11.6 Å². The molecule has 1 atom stereocenters. The van der Waals surface area contributed by atoms with Crippen LogP contribution in [-0.4, -0.2) is 0 Å². The lowest BCUT2D eigenvalue weighted by Gasteiger charge is -2.14. The number of alkyl halides is 1. The first kappa shape index (κ1) is 14.0. The van der Waals surface area contributed by atoms with Gasteiger partial charge in [0, 0.05) is 5.56 Å². The lowest BCUT2D eigenvalue weighted by atomic mass is 9.98. The van der Waals surface area contributed by atoms with Crippen LogP contribution < -0.4 is 0 Å². The van der Waals surface area contributed by atoms with Gasteiger partial charge in [0.15, 0.2) is 0 Å². The van der Waals surface area contributed by atoms with E-state index in [1.165, 1.54) is 18.2 Å². The van der Waals surface area contributed by atoms with Gasteiger partial charge in [0.05, 0.1) is 5.38 Å². The maximum atomic E-state index is 13.6. The van der Waals surface area contributed by atoms with Crippen molar-refractivity contribution in [1.82, 2.24) is 0 Å². The third-order valence-electron chi connectivity index (χ3n) is 3.22. The van der Waals surface area contributed by atoms with E-state index < -0.39 is 17.0 Å². The molecule has 0 aliphatic rings. The largest absolute Gasteiger partial charge is 0.207 e. The van der Waals surface area contributed by atoms with Crippen LogP contribution >= 0.6 is 11.6 Å². The molecule has 2 aromatic carbocycles. The lowest BCUT2D eigenvalue weighted by molar-refractivity contribution is 0.553. The van der Waals surface area contributed by atoms with E-state index in [9.17, 15) is 8.78 Å². The van der Waals surface area contributed by atoms with Crippen molar-refractivity contribution in [2.75, 3.05) is 0 Å². The van der Waals surface area contributed by atoms with Crippen molar-refractivity contribution in [3.63, 3.8) is 0 Å². The van der Waals surface area contributed by atoms with Gasteiger partial charge in [-0.3, -0.25) is 0 Å². The Morgan fingerprint density at radius 3 is 2.32 bits per heavy atom. The Hall–Kier alpha value is -1.41. The third kappa shape index (κ3) is 3.13. The topological polar surface area (TPSA) is 0 Å². The molecule has 0 aromatic heterocycles. The predicted octanol–water partition coefficient (Wildman–Crippen LogP) is 5.10. The van der Waals surface area contributed by atoms with Crippen LogP contribution in [0.25, 0.3) is 0 Å². The molecule has 0 radical (unpaired) electrons. The van der Waals surface area contributed by atoms with Gasteiger partial charge in [-0.25, -0.2) is 8.78 Å². The van der Waals surface area contributed by atoms with Crippen molar-refractivity contribution in [1.29, 1.82) is 0 Å². The number of halogens is 3. The zero-order valence-corrected chi connectivity index (χ0v) is 11.6. The molecule has 0 nitrogen and oxygen atoms in total. The third-order valence-corrected chi connectivity index (χ3v) is 3.61. The van der Waals surface area contributed by atoms with Gasteiger partial charge < -0.3 is 0 Å². The summed E-state index contributed by atoms with van der Waals surface area (Å²) in [5, 5.41) is -0.439. The van der Waals surface area contributed by atoms with Gasteiger partial charge in [0.2, 0.25) is 0 Å². The van der Waals surface area contributed by atoms with Crippen LogP contribution in [-0.2, 0) is 6.42 Å². The normalized spacial score (nSPS) is 12.5. The van der Waals surface area contributed by atoms with Crippen LogP contribution in [0.4, 0.5) is 8.78 Å².